The van der Waals surface area contributed by atoms with Crippen molar-refractivity contribution in [2.75, 3.05) is 0 Å². The molecule has 1 heterocycles. The fourth-order valence-electron chi connectivity index (χ4n) is 3.76. The average Bonchev–Trinajstić information content (AvgIpc) is 3.01. The minimum atomic E-state index is 0.661. The number of hydrogen-bond donors (Lipinski definition) is 1. The number of nitrogens with zero attached hydrogens (tertiary/aromatic N) is 2. The molecule has 0 saturated heterocycles. The van der Waals surface area contributed by atoms with Crippen molar-refractivity contribution in [2.24, 2.45) is 11.8 Å². The normalized spacial score (nSPS) is 34.1. The second-order valence-corrected chi connectivity index (χ2v) is 6.39. The van der Waals surface area contributed by atoms with Gasteiger partial charge in [-0.05, 0) is 43.9 Å². The predicted octanol–water partition coefficient (Wildman–Crippen LogP) is 2.63. The summed E-state index contributed by atoms with van der Waals surface area (Å²) in [5, 5.41) is 3.51. The summed E-state index contributed by atoms with van der Waals surface area (Å²) < 4.78 is 0. The third kappa shape index (κ3) is 2.05. The Morgan fingerprint density at radius 3 is 2.50 bits per heavy atom. The molecular formula is C15H21N3. The number of aromatic nitrogens is 2. The highest BCUT2D eigenvalue weighted by molar-refractivity contribution is 5.11. The first kappa shape index (κ1) is 10.9. The summed E-state index contributed by atoms with van der Waals surface area (Å²) in [6.45, 7) is 0.932. The van der Waals surface area contributed by atoms with Crippen LogP contribution in [-0.2, 0) is 6.54 Å². The first-order chi connectivity index (χ1) is 8.88. The Labute approximate surface area is 108 Å². The monoisotopic (exact) mass is 243 g/mol. The van der Waals surface area contributed by atoms with Gasteiger partial charge in [0.25, 0.3) is 0 Å². The molecule has 3 fully saturated rings. The standard InChI is InChI=1S/C15H21N3/c1-2-12-5-10(1)6-14(12)15-17-8-11(9-18-15)7-16-13-3-4-13/h8-10,12-14,16H,1-7H2. The third-order valence-corrected chi connectivity index (χ3v) is 4.97. The second kappa shape index (κ2) is 4.30. The smallest absolute Gasteiger partial charge is 0.131 e. The van der Waals surface area contributed by atoms with Crippen LogP contribution in [0.4, 0.5) is 0 Å². The fourth-order valence-corrected chi connectivity index (χ4v) is 3.76. The largest absolute Gasteiger partial charge is 0.310 e. The summed E-state index contributed by atoms with van der Waals surface area (Å²) in [4.78, 5) is 9.25. The van der Waals surface area contributed by atoms with E-state index in [9.17, 15) is 0 Å². The molecule has 0 radical (unpaired) electrons. The maximum absolute atomic E-state index is 4.63. The van der Waals surface area contributed by atoms with Gasteiger partial charge in [-0.15, -0.1) is 0 Å². The Morgan fingerprint density at radius 1 is 1.06 bits per heavy atom. The van der Waals surface area contributed by atoms with E-state index in [1.807, 2.05) is 12.4 Å². The van der Waals surface area contributed by atoms with Crippen molar-refractivity contribution in [3.05, 3.63) is 23.8 Å². The third-order valence-electron chi connectivity index (χ3n) is 4.97. The van der Waals surface area contributed by atoms with Crippen molar-refractivity contribution in [1.82, 2.24) is 15.3 Å². The number of hydrogen-bond acceptors (Lipinski definition) is 3. The first-order valence-electron chi connectivity index (χ1n) is 7.42. The van der Waals surface area contributed by atoms with E-state index in [1.54, 1.807) is 0 Å². The highest BCUT2D eigenvalue weighted by Gasteiger charge is 2.41. The van der Waals surface area contributed by atoms with Crippen molar-refractivity contribution in [1.29, 1.82) is 0 Å². The average molecular weight is 243 g/mol. The van der Waals surface area contributed by atoms with E-state index in [2.05, 4.69) is 15.3 Å². The summed E-state index contributed by atoms with van der Waals surface area (Å²) >= 11 is 0. The lowest BCUT2D eigenvalue weighted by molar-refractivity contribution is 0.405. The van der Waals surface area contributed by atoms with Crippen LogP contribution in [0.5, 0.6) is 0 Å². The maximum Gasteiger partial charge on any atom is 0.131 e. The molecule has 3 aliphatic carbocycles. The molecule has 96 valence electrons. The molecule has 1 N–H and O–H groups in total. The van der Waals surface area contributed by atoms with E-state index in [0.717, 1.165) is 30.2 Å². The lowest BCUT2D eigenvalue weighted by atomic mass is 9.88. The van der Waals surface area contributed by atoms with E-state index in [0.29, 0.717) is 5.92 Å². The number of fused-ring (bicyclic) bond motifs is 2. The molecular weight excluding hydrogens is 222 g/mol. The molecule has 0 spiro atoms. The highest BCUT2D eigenvalue weighted by Crippen LogP contribution is 2.51. The summed E-state index contributed by atoms with van der Waals surface area (Å²) in [5.41, 5.74) is 1.23. The Balaban J connectivity index is 1.42. The van der Waals surface area contributed by atoms with Crippen molar-refractivity contribution in [2.45, 2.75) is 57.0 Å². The molecule has 3 nitrogen and oxygen atoms in total. The van der Waals surface area contributed by atoms with Gasteiger partial charge in [0.15, 0.2) is 0 Å². The maximum atomic E-state index is 4.63. The molecule has 4 rings (SSSR count). The first-order valence-corrected chi connectivity index (χ1v) is 7.42. The molecule has 0 aromatic carbocycles. The molecule has 1 aromatic heterocycles. The van der Waals surface area contributed by atoms with E-state index in [4.69, 9.17) is 0 Å². The molecule has 18 heavy (non-hydrogen) atoms. The van der Waals surface area contributed by atoms with Crippen LogP contribution in [0.2, 0.25) is 0 Å². The van der Waals surface area contributed by atoms with Gasteiger partial charge in [0, 0.05) is 36.5 Å². The van der Waals surface area contributed by atoms with Gasteiger partial charge in [-0.1, -0.05) is 6.42 Å². The summed E-state index contributed by atoms with van der Waals surface area (Å²) in [6.07, 6.45) is 12.4. The van der Waals surface area contributed by atoms with Gasteiger partial charge < -0.3 is 5.32 Å². The van der Waals surface area contributed by atoms with Gasteiger partial charge >= 0.3 is 0 Å². The van der Waals surface area contributed by atoms with Crippen LogP contribution in [0.25, 0.3) is 0 Å². The van der Waals surface area contributed by atoms with Gasteiger partial charge in [0.2, 0.25) is 0 Å². The quantitative estimate of drug-likeness (QED) is 0.883. The van der Waals surface area contributed by atoms with E-state index in [1.165, 1.54) is 44.1 Å². The molecule has 3 heteroatoms. The van der Waals surface area contributed by atoms with Crippen molar-refractivity contribution < 1.29 is 0 Å². The van der Waals surface area contributed by atoms with Crippen molar-refractivity contribution >= 4 is 0 Å². The topological polar surface area (TPSA) is 37.8 Å². The van der Waals surface area contributed by atoms with Crippen molar-refractivity contribution in [3.8, 4) is 0 Å². The minimum Gasteiger partial charge on any atom is -0.310 e. The summed E-state index contributed by atoms with van der Waals surface area (Å²) in [5.74, 6) is 3.62. The van der Waals surface area contributed by atoms with Crippen LogP contribution >= 0.6 is 0 Å². The Bertz CT molecular complexity index is 424. The molecule has 2 bridgehead atoms. The molecule has 0 amide bonds. The van der Waals surface area contributed by atoms with Crippen LogP contribution in [-0.4, -0.2) is 16.0 Å². The zero-order chi connectivity index (χ0) is 11.9. The lowest BCUT2D eigenvalue weighted by Gasteiger charge is -2.20. The minimum absolute atomic E-state index is 0.661. The molecule has 3 saturated carbocycles. The fraction of sp³-hybridized carbons (Fsp3) is 0.733. The van der Waals surface area contributed by atoms with Crippen LogP contribution in [0.3, 0.4) is 0 Å². The Kier molecular flexibility index (Phi) is 2.61. The van der Waals surface area contributed by atoms with Crippen LogP contribution in [0, 0.1) is 11.8 Å². The SMILES string of the molecule is c1nc(C2CC3CCC2C3)ncc1CNC1CC1. The van der Waals surface area contributed by atoms with Crippen LogP contribution < -0.4 is 5.32 Å². The predicted molar refractivity (Wildman–Crippen MR) is 70.1 cm³/mol. The second-order valence-electron chi connectivity index (χ2n) is 6.39. The molecule has 1 aromatic rings. The molecule has 3 aliphatic rings. The van der Waals surface area contributed by atoms with Gasteiger partial charge in [-0.2, -0.15) is 0 Å². The zero-order valence-electron chi connectivity index (χ0n) is 10.8. The number of rotatable bonds is 4. The van der Waals surface area contributed by atoms with Gasteiger partial charge in [-0.3, -0.25) is 0 Å². The van der Waals surface area contributed by atoms with E-state index in [-0.39, 0.29) is 0 Å². The highest BCUT2D eigenvalue weighted by atomic mass is 15.0. The van der Waals surface area contributed by atoms with Gasteiger partial charge in [0.05, 0.1) is 0 Å². The lowest BCUT2D eigenvalue weighted by Crippen LogP contribution is -2.17. The molecule has 3 atom stereocenters. The Morgan fingerprint density at radius 2 is 1.89 bits per heavy atom. The molecule has 0 aliphatic heterocycles. The zero-order valence-corrected chi connectivity index (χ0v) is 10.8. The van der Waals surface area contributed by atoms with E-state index >= 15 is 0 Å². The number of nitrogens with one attached hydrogen (secondary N) is 1. The molecule has 3 unspecified atom stereocenters. The van der Waals surface area contributed by atoms with Crippen molar-refractivity contribution in [3.63, 3.8) is 0 Å². The Hall–Kier alpha value is -0.960. The van der Waals surface area contributed by atoms with Gasteiger partial charge in [0.1, 0.15) is 5.82 Å². The van der Waals surface area contributed by atoms with E-state index < -0.39 is 0 Å². The van der Waals surface area contributed by atoms with Gasteiger partial charge in [-0.25, -0.2) is 9.97 Å². The summed E-state index contributed by atoms with van der Waals surface area (Å²) in [6, 6.07) is 0.759. The van der Waals surface area contributed by atoms with Crippen LogP contribution in [0.1, 0.15) is 55.8 Å². The van der Waals surface area contributed by atoms with Crippen LogP contribution in [0.15, 0.2) is 12.4 Å². The summed E-state index contributed by atoms with van der Waals surface area (Å²) in [7, 11) is 0.